The van der Waals surface area contributed by atoms with E-state index in [0.29, 0.717) is 22.8 Å². The molecule has 1 aliphatic heterocycles. The van der Waals surface area contributed by atoms with Crippen LogP contribution in [-0.4, -0.2) is 41.9 Å². The molecule has 6 heteroatoms. The summed E-state index contributed by atoms with van der Waals surface area (Å²) in [5.41, 5.74) is 0. The van der Waals surface area contributed by atoms with Gasteiger partial charge in [-0.15, -0.1) is 0 Å². The number of aliphatic hydroxyl groups excluding tert-OH is 1. The molecule has 1 aromatic heterocycles. The molecular weight excluding hydrogens is 242 g/mol. The van der Waals surface area contributed by atoms with Crippen LogP contribution in [0.3, 0.4) is 0 Å². The lowest BCUT2D eigenvalue weighted by atomic mass is 9.99. The maximum absolute atomic E-state index is 9.21. The van der Waals surface area contributed by atoms with Gasteiger partial charge >= 0.3 is 6.01 Å². The third-order valence-electron chi connectivity index (χ3n) is 2.96. The molecule has 2 heterocycles. The topological polar surface area (TPSA) is 58.5 Å². The van der Waals surface area contributed by atoms with Crippen LogP contribution in [0.25, 0.3) is 0 Å². The van der Waals surface area contributed by atoms with Gasteiger partial charge in [0.05, 0.1) is 13.3 Å². The van der Waals surface area contributed by atoms with Crippen molar-refractivity contribution in [2.24, 2.45) is 5.92 Å². The number of anilines is 1. The fourth-order valence-corrected chi connectivity index (χ4v) is 2.28. The lowest BCUT2D eigenvalue weighted by molar-refractivity contribution is 0.208. The summed E-state index contributed by atoms with van der Waals surface area (Å²) in [6, 6.07) is 0.315. The van der Waals surface area contributed by atoms with Gasteiger partial charge in [0.25, 0.3) is 0 Å². The van der Waals surface area contributed by atoms with Gasteiger partial charge in [0.1, 0.15) is 5.02 Å². The van der Waals surface area contributed by atoms with E-state index in [4.69, 9.17) is 16.3 Å². The van der Waals surface area contributed by atoms with E-state index in [1.807, 2.05) is 0 Å². The number of halogens is 1. The first-order valence-electron chi connectivity index (χ1n) is 5.67. The van der Waals surface area contributed by atoms with Gasteiger partial charge in [-0.25, -0.2) is 4.98 Å². The van der Waals surface area contributed by atoms with Gasteiger partial charge in [0.2, 0.25) is 0 Å². The second-order valence-corrected chi connectivity index (χ2v) is 4.57. The summed E-state index contributed by atoms with van der Waals surface area (Å²) in [6.45, 7) is 1.88. The second kappa shape index (κ2) is 5.51. The quantitative estimate of drug-likeness (QED) is 0.886. The first-order chi connectivity index (χ1) is 8.24. The smallest absolute Gasteiger partial charge is 0.318 e. The fourth-order valence-electron chi connectivity index (χ4n) is 2.07. The summed E-state index contributed by atoms with van der Waals surface area (Å²) >= 11 is 6.09. The third-order valence-corrected chi connectivity index (χ3v) is 3.23. The third kappa shape index (κ3) is 2.79. The Kier molecular flexibility index (Phi) is 4.02. The normalized spacial score (nSPS) is 20.4. The number of hydrogen-bond donors (Lipinski definition) is 1. The number of rotatable bonds is 3. The molecule has 1 fully saturated rings. The molecule has 17 heavy (non-hydrogen) atoms. The van der Waals surface area contributed by atoms with Crippen molar-refractivity contribution >= 4 is 17.4 Å². The van der Waals surface area contributed by atoms with Crippen molar-refractivity contribution in [1.29, 1.82) is 0 Å². The van der Waals surface area contributed by atoms with Crippen molar-refractivity contribution in [3.63, 3.8) is 0 Å². The molecule has 1 unspecified atom stereocenters. The summed E-state index contributed by atoms with van der Waals surface area (Å²) in [5.74, 6) is 0.984. The summed E-state index contributed by atoms with van der Waals surface area (Å²) in [4.78, 5) is 10.3. The van der Waals surface area contributed by atoms with Crippen LogP contribution in [0.2, 0.25) is 5.02 Å². The number of aromatic nitrogens is 2. The van der Waals surface area contributed by atoms with Crippen molar-refractivity contribution in [3.05, 3.63) is 11.2 Å². The number of aliphatic hydroxyl groups is 1. The number of methoxy groups -OCH3 is 1. The van der Waals surface area contributed by atoms with Gasteiger partial charge in [-0.05, 0) is 18.8 Å². The van der Waals surface area contributed by atoms with Gasteiger partial charge < -0.3 is 14.7 Å². The highest BCUT2D eigenvalue weighted by molar-refractivity contribution is 6.32. The van der Waals surface area contributed by atoms with Gasteiger partial charge in [-0.1, -0.05) is 11.6 Å². The van der Waals surface area contributed by atoms with Crippen LogP contribution in [0, 0.1) is 5.92 Å². The van der Waals surface area contributed by atoms with Crippen molar-refractivity contribution in [1.82, 2.24) is 9.97 Å². The molecular formula is C11H16ClN3O2. The first-order valence-corrected chi connectivity index (χ1v) is 6.04. The van der Waals surface area contributed by atoms with Crippen LogP contribution in [0.5, 0.6) is 6.01 Å². The van der Waals surface area contributed by atoms with Gasteiger partial charge in [-0.2, -0.15) is 4.98 Å². The Labute approximate surface area is 105 Å². The Hall–Kier alpha value is -1.07. The predicted molar refractivity (Wildman–Crippen MR) is 65.6 cm³/mol. The molecule has 1 atom stereocenters. The number of piperidine rings is 1. The summed E-state index contributed by atoms with van der Waals surface area (Å²) in [5, 5.41) is 9.73. The monoisotopic (exact) mass is 257 g/mol. The van der Waals surface area contributed by atoms with Gasteiger partial charge in [0, 0.05) is 19.7 Å². The van der Waals surface area contributed by atoms with E-state index in [9.17, 15) is 5.11 Å². The fraction of sp³-hybridized carbons (Fsp3) is 0.636. The Morgan fingerprint density at radius 1 is 1.65 bits per heavy atom. The first kappa shape index (κ1) is 12.4. The van der Waals surface area contributed by atoms with Crippen LogP contribution in [-0.2, 0) is 0 Å². The molecule has 0 spiro atoms. The van der Waals surface area contributed by atoms with E-state index < -0.39 is 0 Å². The molecule has 2 rings (SSSR count). The average Bonchev–Trinajstić information content (AvgIpc) is 2.39. The van der Waals surface area contributed by atoms with Crippen LogP contribution in [0.4, 0.5) is 5.82 Å². The maximum Gasteiger partial charge on any atom is 0.318 e. The van der Waals surface area contributed by atoms with E-state index >= 15 is 0 Å². The summed E-state index contributed by atoms with van der Waals surface area (Å²) < 4.78 is 5.00. The van der Waals surface area contributed by atoms with Crippen LogP contribution < -0.4 is 9.64 Å². The number of ether oxygens (including phenoxy) is 1. The van der Waals surface area contributed by atoms with E-state index in [1.165, 1.54) is 7.11 Å². The molecule has 0 bridgehead atoms. The second-order valence-electron chi connectivity index (χ2n) is 4.17. The largest absolute Gasteiger partial charge is 0.467 e. The van der Waals surface area contributed by atoms with Crippen molar-refractivity contribution < 1.29 is 9.84 Å². The van der Waals surface area contributed by atoms with E-state index in [-0.39, 0.29) is 6.61 Å². The maximum atomic E-state index is 9.21. The number of hydrogen-bond acceptors (Lipinski definition) is 5. The zero-order valence-corrected chi connectivity index (χ0v) is 10.5. The van der Waals surface area contributed by atoms with E-state index in [1.54, 1.807) is 6.20 Å². The standard InChI is InChI=1S/C11H16ClN3O2/c1-17-11-13-5-9(12)10(14-11)15-4-2-3-8(6-15)7-16/h5,8,16H,2-4,6-7H2,1H3. The zero-order chi connectivity index (χ0) is 12.3. The van der Waals surface area contributed by atoms with E-state index in [0.717, 1.165) is 25.9 Å². The predicted octanol–water partition coefficient (Wildman–Crippen LogP) is 1.35. The Morgan fingerprint density at radius 3 is 3.18 bits per heavy atom. The SMILES string of the molecule is COc1ncc(Cl)c(N2CCCC(CO)C2)n1. The lowest BCUT2D eigenvalue weighted by Crippen LogP contribution is -2.37. The lowest BCUT2D eigenvalue weighted by Gasteiger charge is -2.33. The zero-order valence-electron chi connectivity index (χ0n) is 9.77. The molecule has 1 N–H and O–H groups in total. The van der Waals surface area contributed by atoms with Gasteiger partial charge in [-0.3, -0.25) is 0 Å². The Balaban J connectivity index is 2.20. The van der Waals surface area contributed by atoms with Crippen molar-refractivity contribution in [2.45, 2.75) is 12.8 Å². The highest BCUT2D eigenvalue weighted by atomic mass is 35.5. The molecule has 0 amide bonds. The Bertz CT molecular complexity index is 389. The average molecular weight is 258 g/mol. The molecule has 94 valence electrons. The molecule has 5 nitrogen and oxygen atoms in total. The van der Waals surface area contributed by atoms with Crippen LogP contribution >= 0.6 is 11.6 Å². The summed E-state index contributed by atoms with van der Waals surface area (Å²) in [6.07, 6.45) is 3.63. The van der Waals surface area contributed by atoms with Crippen molar-refractivity contribution in [2.75, 3.05) is 31.7 Å². The van der Waals surface area contributed by atoms with Gasteiger partial charge in [0.15, 0.2) is 5.82 Å². The molecule has 0 aromatic carbocycles. The molecule has 1 saturated heterocycles. The Morgan fingerprint density at radius 2 is 2.47 bits per heavy atom. The minimum atomic E-state index is 0.205. The number of nitrogens with zero attached hydrogens (tertiary/aromatic N) is 3. The van der Waals surface area contributed by atoms with Crippen molar-refractivity contribution in [3.8, 4) is 6.01 Å². The molecule has 1 aromatic rings. The summed E-state index contributed by atoms with van der Waals surface area (Å²) in [7, 11) is 1.53. The minimum absolute atomic E-state index is 0.205. The molecule has 1 aliphatic rings. The minimum Gasteiger partial charge on any atom is -0.467 e. The molecule has 0 saturated carbocycles. The highest BCUT2D eigenvalue weighted by Crippen LogP contribution is 2.28. The van der Waals surface area contributed by atoms with E-state index in [2.05, 4.69) is 14.9 Å². The highest BCUT2D eigenvalue weighted by Gasteiger charge is 2.22. The van der Waals surface area contributed by atoms with Crippen LogP contribution in [0.1, 0.15) is 12.8 Å². The molecule has 0 aliphatic carbocycles. The molecule has 0 radical (unpaired) electrons. The van der Waals surface area contributed by atoms with Crippen LogP contribution in [0.15, 0.2) is 6.20 Å².